The predicted octanol–water partition coefficient (Wildman–Crippen LogP) is 1.50. The Bertz CT molecular complexity index is 687. The maximum absolute atomic E-state index is 12.0. The minimum absolute atomic E-state index is 0.0115. The summed E-state index contributed by atoms with van der Waals surface area (Å²) < 4.78 is 27.9. The smallest absolute Gasteiger partial charge is 0.228 e. The number of furan rings is 1. The van der Waals surface area contributed by atoms with Gasteiger partial charge in [0.1, 0.15) is 0 Å². The molecular weight excluding hydrogens is 254 g/mol. The van der Waals surface area contributed by atoms with E-state index in [0.717, 1.165) is 6.26 Å². The summed E-state index contributed by atoms with van der Waals surface area (Å²) in [6, 6.07) is 7.10. The van der Waals surface area contributed by atoms with Crippen molar-refractivity contribution in [3.8, 4) is 0 Å². The van der Waals surface area contributed by atoms with Crippen molar-refractivity contribution < 1.29 is 17.6 Å². The molecule has 0 unspecified atom stereocenters. The number of carbonyl (C=O) groups is 1. The minimum Gasteiger partial charge on any atom is -0.461 e. The molecule has 5 nitrogen and oxygen atoms in total. The Balaban J connectivity index is 2.53. The molecule has 1 aromatic heterocycles. The summed E-state index contributed by atoms with van der Waals surface area (Å²) in [5, 5.41) is 0. The Kier molecular flexibility index (Phi) is 2.96. The molecule has 0 aliphatic rings. The second-order valence-electron chi connectivity index (χ2n) is 3.87. The lowest BCUT2D eigenvalue weighted by atomic mass is 10.1. The van der Waals surface area contributed by atoms with Crippen LogP contribution in [0.5, 0.6) is 0 Å². The van der Waals surface area contributed by atoms with Crippen LogP contribution < -0.4 is 5.73 Å². The molecule has 0 amide bonds. The molecule has 0 bridgehead atoms. The zero-order valence-corrected chi connectivity index (χ0v) is 10.4. The summed E-state index contributed by atoms with van der Waals surface area (Å²) in [6.45, 7) is 0. The highest BCUT2D eigenvalue weighted by Gasteiger charge is 2.16. The highest BCUT2D eigenvalue weighted by Crippen LogP contribution is 2.19. The number of benzene rings is 1. The third-order valence-corrected chi connectivity index (χ3v) is 3.46. The number of nitrogens with two attached hydrogens (primary N) is 1. The van der Waals surface area contributed by atoms with Crippen molar-refractivity contribution in [1.82, 2.24) is 0 Å². The number of carbonyl (C=O) groups excluding carboxylic acids is 1. The highest BCUT2D eigenvalue weighted by atomic mass is 32.2. The molecule has 0 saturated heterocycles. The molecule has 0 saturated carbocycles. The summed E-state index contributed by atoms with van der Waals surface area (Å²) in [5.41, 5.74) is 6.00. The summed E-state index contributed by atoms with van der Waals surface area (Å²) in [4.78, 5) is 12.0. The van der Waals surface area contributed by atoms with E-state index < -0.39 is 15.6 Å². The van der Waals surface area contributed by atoms with E-state index in [-0.39, 0.29) is 21.9 Å². The summed E-state index contributed by atoms with van der Waals surface area (Å²) >= 11 is 0. The molecule has 0 aliphatic carbocycles. The third-order valence-electron chi connectivity index (χ3n) is 2.36. The Morgan fingerprint density at radius 2 is 2.00 bits per heavy atom. The maximum atomic E-state index is 12.0. The van der Waals surface area contributed by atoms with Crippen molar-refractivity contribution in [2.75, 3.05) is 12.0 Å². The third kappa shape index (κ3) is 2.43. The van der Waals surface area contributed by atoms with E-state index in [4.69, 9.17) is 10.2 Å². The fourth-order valence-corrected chi connectivity index (χ4v) is 2.21. The standard InChI is InChI=1S/C12H11NO4S/c1-18(15,16)10-6-8(5-9(13)7-10)12(14)11-3-2-4-17-11/h2-7H,13H2,1H3. The number of sulfone groups is 1. The number of hydrogen-bond acceptors (Lipinski definition) is 5. The van der Waals surface area contributed by atoms with Crippen LogP contribution in [0.1, 0.15) is 16.1 Å². The minimum atomic E-state index is -3.41. The first-order valence-electron chi connectivity index (χ1n) is 5.07. The van der Waals surface area contributed by atoms with Crippen molar-refractivity contribution in [3.63, 3.8) is 0 Å². The predicted molar refractivity (Wildman–Crippen MR) is 66.1 cm³/mol. The Labute approximate surface area is 104 Å². The molecule has 0 atom stereocenters. The van der Waals surface area contributed by atoms with E-state index in [0.29, 0.717) is 0 Å². The monoisotopic (exact) mass is 265 g/mol. The van der Waals surface area contributed by atoms with E-state index in [9.17, 15) is 13.2 Å². The first kappa shape index (κ1) is 12.4. The molecule has 94 valence electrons. The zero-order valence-electron chi connectivity index (χ0n) is 9.58. The van der Waals surface area contributed by atoms with Gasteiger partial charge in [0.2, 0.25) is 5.78 Å². The fraction of sp³-hybridized carbons (Fsp3) is 0.0833. The molecule has 1 aromatic carbocycles. The molecule has 18 heavy (non-hydrogen) atoms. The molecule has 0 spiro atoms. The molecule has 0 fully saturated rings. The summed E-state index contributed by atoms with van der Waals surface area (Å²) in [7, 11) is -3.41. The number of ketones is 1. The Hall–Kier alpha value is -2.08. The van der Waals surface area contributed by atoms with Crippen LogP contribution in [-0.4, -0.2) is 20.5 Å². The fourth-order valence-electron chi connectivity index (χ4n) is 1.52. The maximum Gasteiger partial charge on any atom is 0.228 e. The highest BCUT2D eigenvalue weighted by molar-refractivity contribution is 7.90. The summed E-state index contributed by atoms with van der Waals surface area (Å²) in [6.07, 6.45) is 2.43. The zero-order chi connectivity index (χ0) is 13.3. The molecule has 0 aliphatic heterocycles. The van der Waals surface area contributed by atoms with Gasteiger partial charge in [-0.1, -0.05) is 0 Å². The lowest BCUT2D eigenvalue weighted by Crippen LogP contribution is -2.05. The molecule has 2 N–H and O–H groups in total. The van der Waals surface area contributed by atoms with Crippen molar-refractivity contribution >= 4 is 21.3 Å². The van der Waals surface area contributed by atoms with Gasteiger partial charge in [0, 0.05) is 17.5 Å². The number of hydrogen-bond donors (Lipinski definition) is 1. The van der Waals surface area contributed by atoms with E-state index in [1.807, 2.05) is 0 Å². The van der Waals surface area contributed by atoms with Crippen LogP contribution >= 0.6 is 0 Å². The lowest BCUT2D eigenvalue weighted by molar-refractivity contribution is 0.101. The molecule has 6 heteroatoms. The van der Waals surface area contributed by atoms with Crippen LogP contribution in [0.2, 0.25) is 0 Å². The largest absolute Gasteiger partial charge is 0.461 e. The molecular formula is C12H11NO4S. The number of rotatable bonds is 3. The number of anilines is 1. The van der Waals surface area contributed by atoms with Crippen molar-refractivity contribution in [3.05, 3.63) is 47.9 Å². The van der Waals surface area contributed by atoms with Gasteiger partial charge in [0.05, 0.1) is 11.2 Å². The van der Waals surface area contributed by atoms with E-state index in [2.05, 4.69) is 0 Å². The van der Waals surface area contributed by atoms with Crippen molar-refractivity contribution in [1.29, 1.82) is 0 Å². The van der Waals surface area contributed by atoms with E-state index in [1.165, 1.54) is 30.5 Å². The van der Waals surface area contributed by atoms with Crippen LogP contribution in [0.15, 0.2) is 45.9 Å². The Morgan fingerprint density at radius 3 is 2.56 bits per heavy atom. The van der Waals surface area contributed by atoms with Crippen LogP contribution in [0.3, 0.4) is 0 Å². The van der Waals surface area contributed by atoms with E-state index >= 15 is 0 Å². The van der Waals surface area contributed by atoms with Gasteiger partial charge in [-0.2, -0.15) is 0 Å². The SMILES string of the molecule is CS(=O)(=O)c1cc(N)cc(C(=O)c2ccco2)c1. The lowest BCUT2D eigenvalue weighted by Gasteiger charge is -2.04. The number of nitrogen functional groups attached to an aromatic ring is 1. The molecule has 0 radical (unpaired) electrons. The van der Waals surface area contributed by atoms with E-state index in [1.54, 1.807) is 6.07 Å². The summed E-state index contributed by atoms with van der Waals surface area (Å²) in [5.74, 6) is -0.266. The van der Waals surface area contributed by atoms with Crippen molar-refractivity contribution in [2.45, 2.75) is 4.90 Å². The second-order valence-corrected chi connectivity index (χ2v) is 5.89. The topological polar surface area (TPSA) is 90.4 Å². The van der Waals surface area contributed by atoms with Gasteiger partial charge < -0.3 is 10.2 Å². The Morgan fingerprint density at radius 1 is 1.28 bits per heavy atom. The van der Waals surface area contributed by atoms with Gasteiger partial charge in [-0.3, -0.25) is 4.79 Å². The van der Waals surface area contributed by atoms with Crippen molar-refractivity contribution in [2.24, 2.45) is 0 Å². The first-order valence-corrected chi connectivity index (χ1v) is 6.96. The average Bonchev–Trinajstić information content (AvgIpc) is 2.79. The van der Waals surface area contributed by atoms with Gasteiger partial charge in [-0.25, -0.2) is 8.42 Å². The average molecular weight is 265 g/mol. The molecule has 2 rings (SSSR count). The molecule has 2 aromatic rings. The van der Waals surface area contributed by atoms with Gasteiger partial charge in [0.15, 0.2) is 15.6 Å². The normalized spacial score (nSPS) is 11.4. The van der Waals surface area contributed by atoms with Crippen LogP contribution in [-0.2, 0) is 9.84 Å². The van der Waals surface area contributed by atoms with Crippen LogP contribution in [0.4, 0.5) is 5.69 Å². The first-order chi connectivity index (χ1) is 8.38. The molecule has 1 heterocycles. The van der Waals surface area contributed by atoms with Gasteiger partial charge in [-0.15, -0.1) is 0 Å². The quantitative estimate of drug-likeness (QED) is 0.670. The van der Waals surface area contributed by atoms with Gasteiger partial charge in [0.25, 0.3) is 0 Å². The van der Waals surface area contributed by atoms with Gasteiger partial charge in [-0.05, 0) is 30.3 Å². The second kappa shape index (κ2) is 4.30. The van der Waals surface area contributed by atoms with Crippen LogP contribution in [0.25, 0.3) is 0 Å². The van der Waals surface area contributed by atoms with Crippen LogP contribution in [0, 0.1) is 0 Å². The van der Waals surface area contributed by atoms with Gasteiger partial charge >= 0.3 is 0 Å².